The van der Waals surface area contributed by atoms with E-state index in [0.29, 0.717) is 17.8 Å². The minimum Gasteiger partial charge on any atom is -0.389 e. The molecule has 0 aromatic carbocycles. The molecule has 2 unspecified atom stereocenters. The van der Waals surface area contributed by atoms with Crippen LogP contribution in [0.5, 0.6) is 0 Å². The summed E-state index contributed by atoms with van der Waals surface area (Å²) in [6.45, 7) is 9.68. The van der Waals surface area contributed by atoms with Crippen LogP contribution >= 0.6 is 0 Å². The Morgan fingerprint density at radius 2 is 1.76 bits per heavy atom. The van der Waals surface area contributed by atoms with E-state index in [1.54, 1.807) is 6.33 Å². The van der Waals surface area contributed by atoms with Crippen LogP contribution in [0.4, 0.5) is 5.82 Å². The average molecular weight is 345 g/mol. The third-order valence-corrected chi connectivity index (χ3v) is 6.45. The third kappa shape index (κ3) is 3.68. The number of aromatic nitrogens is 2. The lowest BCUT2D eigenvalue weighted by atomic mass is 9.84. The van der Waals surface area contributed by atoms with Crippen molar-refractivity contribution in [1.29, 1.82) is 0 Å². The molecule has 0 bridgehead atoms. The van der Waals surface area contributed by atoms with Crippen molar-refractivity contribution in [1.82, 2.24) is 14.9 Å². The summed E-state index contributed by atoms with van der Waals surface area (Å²) in [7, 11) is 0. The van der Waals surface area contributed by atoms with Crippen LogP contribution in [0.3, 0.4) is 0 Å². The maximum absolute atomic E-state index is 10.8. The molecule has 3 fully saturated rings. The van der Waals surface area contributed by atoms with Crippen LogP contribution in [-0.2, 0) is 0 Å². The van der Waals surface area contributed by atoms with Gasteiger partial charge >= 0.3 is 0 Å². The molecule has 1 aromatic heterocycles. The Labute approximate surface area is 151 Å². The second-order valence-corrected chi connectivity index (χ2v) is 8.86. The summed E-state index contributed by atoms with van der Waals surface area (Å²) in [5.41, 5.74) is 0.707. The first-order valence-corrected chi connectivity index (χ1v) is 10.0. The number of hydrogen-bond acceptors (Lipinski definition) is 5. The largest absolute Gasteiger partial charge is 0.389 e. The first kappa shape index (κ1) is 17.2. The van der Waals surface area contributed by atoms with Gasteiger partial charge in [-0.1, -0.05) is 33.1 Å². The highest BCUT2D eigenvalue weighted by Crippen LogP contribution is 2.36. The second kappa shape index (κ2) is 6.84. The summed E-state index contributed by atoms with van der Waals surface area (Å²) in [4.78, 5) is 13.9. The molecule has 138 valence electrons. The van der Waals surface area contributed by atoms with Gasteiger partial charge in [0.15, 0.2) is 0 Å². The van der Waals surface area contributed by atoms with Gasteiger partial charge in [-0.2, -0.15) is 0 Å². The number of hydrogen-bond donors (Lipinski definition) is 1. The molecule has 5 heteroatoms. The molecule has 2 aliphatic heterocycles. The van der Waals surface area contributed by atoms with Crippen molar-refractivity contribution in [3.63, 3.8) is 0 Å². The van der Waals surface area contributed by atoms with Gasteiger partial charge < -0.3 is 10.0 Å². The SMILES string of the molecule is CC(C)c1cc(N2CC3CN(CC4(O)CCCCC4)CC3C2)ncn1. The lowest BCUT2D eigenvalue weighted by Crippen LogP contribution is -2.44. The molecule has 1 aromatic rings. The molecule has 2 atom stereocenters. The zero-order valence-corrected chi connectivity index (χ0v) is 15.7. The van der Waals surface area contributed by atoms with Gasteiger partial charge in [-0.3, -0.25) is 4.90 Å². The molecule has 3 heterocycles. The highest BCUT2D eigenvalue weighted by molar-refractivity contribution is 5.41. The summed E-state index contributed by atoms with van der Waals surface area (Å²) in [5.74, 6) is 2.95. The Morgan fingerprint density at radius 3 is 2.40 bits per heavy atom. The van der Waals surface area contributed by atoms with E-state index in [1.165, 1.54) is 19.3 Å². The summed E-state index contributed by atoms with van der Waals surface area (Å²) >= 11 is 0. The van der Waals surface area contributed by atoms with E-state index in [1.807, 2.05) is 0 Å². The van der Waals surface area contributed by atoms with E-state index in [9.17, 15) is 5.11 Å². The minimum absolute atomic E-state index is 0.421. The molecule has 1 saturated carbocycles. The zero-order valence-electron chi connectivity index (χ0n) is 15.7. The maximum Gasteiger partial charge on any atom is 0.132 e. The Morgan fingerprint density at radius 1 is 1.08 bits per heavy atom. The van der Waals surface area contributed by atoms with E-state index in [2.05, 4.69) is 39.7 Å². The molecule has 3 aliphatic rings. The molecule has 25 heavy (non-hydrogen) atoms. The van der Waals surface area contributed by atoms with Crippen molar-refractivity contribution in [3.05, 3.63) is 18.1 Å². The Bertz CT molecular complexity index is 585. The van der Waals surface area contributed by atoms with Crippen LogP contribution in [0.1, 0.15) is 57.6 Å². The zero-order chi connectivity index (χ0) is 17.4. The molecular formula is C20H32N4O. The fourth-order valence-electron chi connectivity index (χ4n) is 5.04. The Balaban J connectivity index is 1.35. The fourth-order valence-corrected chi connectivity index (χ4v) is 5.04. The monoisotopic (exact) mass is 344 g/mol. The smallest absolute Gasteiger partial charge is 0.132 e. The van der Waals surface area contributed by atoms with Crippen LogP contribution < -0.4 is 4.90 Å². The van der Waals surface area contributed by atoms with E-state index < -0.39 is 5.60 Å². The maximum atomic E-state index is 10.8. The lowest BCUT2D eigenvalue weighted by Gasteiger charge is -2.36. The first-order chi connectivity index (χ1) is 12.0. The molecule has 0 radical (unpaired) electrons. The summed E-state index contributed by atoms with van der Waals surface area (Å²) in [6.07, 6.45) is 7.37. The molecule has 5 nitrogen and oxygen atoms in total. The molecule has 2 saturated heterocycles. The number of nitrogens with zero attached hydrogens (tertiary/aromatic N) is 4. The van der Waals surface area contributed by atoms with E-state index in [0.717, 1.165) is 57.1 Å². The van der Waals surface area contributed by atoms with Crippen molar-refractivity contribution in [2.75, 3.05) is 37.6 Å². The normalized spacial score (nSPS) is 29.4. The van der Waals surface area contributed by atoms with Gasteiger partial charge in [0.25, 0.3) is 0 Å². The molecule has 1 N–H and O–H groups in total. The van der Waals surface area contributed by atoms with Gasteiger partial charge in [-0.25, -0.2) is 9.97 Å². The van der Waals surface area contributed by atoms with E-state index in [4.69, 9.17) is 0 Å². The average Bonchev–Trinajstić information content (AvgIpc) is 3.13. The molecule has 4 rings (SSSR count). The summed E-state index contributed by atoms with van der Waals surface area (Å²) < 4.78 is 0. The van der Waals surface area contributed by atoms with Gasteiger partial charge in [0.05, 0.1) is 5.60 Å². The minimum atomic E-state index is -0.421. The summed E-state index contributed by atoms with van der Waals surface area (Å²) in [6, 6.07) is 2.16. The number of fused-ring (bicyclic) bond motifs is 1. The quantitative estimate of drug-likeness (QED) is 0.910. The van der Waals surface area contributed by atoms with Crippen LogP contribution in [-0.4, -0.2) is 58.3 Å². The topological polar surface area (TPSA) is 52.5 Å². The summed E-state index contributed by atoms with van der Waals surface area (Å²) in [5, 5.41) is 10.8. The van der Waals surface area contributed by atoms with Crippen molar-refractivity contribution >= 4 is 5.82 Å². The van der Waals surface area contributed by atoms with Crippen molar-refractivity contribution in [2.45, 2.75) is 57.5 Å². The third-order valence-electron chi connectivity index (χ3n) is 6.45. The Kier molecular flexibility index (Phi) is 4.71. The first-order valence-electron chi connectivity index (χ1n) is 10.0. The molecule has 0 spiro atoms. The predicted octanol–water partition coefficient (Wildman–Crippen LogP) is 2.66. The number of anilines is 1. The second-order valence-electron chi connectivity index (χ2n) is 8.86. The number of likely N-dealkylation sites (tertiary alicyclic amines) is 1. The standard InChI is InChI=1S/C20H32N4O/c1-15(2)18-8-19(22-14-21-18)24-11-16-9-23(10-17(16)12-24)13-20(25)6-4-3-5-7-20/h8,14-17,25H,3-7,9-13H2,1-2H3. The predicted molar refractivity (Wildman–Crippen MR) is 99.8 cm³/mol. The van der Waals surface area contributed by atoms with Crippen LogP contribution in [0.25, 0.3) is 0 Å². The van der Waals surface area contributed by atoms with E-state index >= 15 is 0 Å². The number of β-amino-alcohol motifs (C(OH)–C–C–N with tert-alkyl or cyclic N) is 1. The van der Waals surface area contributed by atoms with Gasteiger partial charge in [-0.15, -0.1) is 0 Å². The molecule has 1 aliphatic carbocycles. The number of aliphatic hydroxyl groups is 1. The Hall–Kier alpha value is -1.20. The van der Waals surface area contributed by atoms with Crippen LogP contribution in [0.15, 0.2) is 12.4 Å². The molecular weight excluding hydrogens is 312 g/mol. The lowest BCUT2D eigenvalue weighted by molar-refractivity contribution is -0.0226. The number of rotatable bonds is 4. The fraction of sp³-hybridized carbons (Fsp3) is 0.800. The van der Waals surface area contributed by atoms with Crippen molar-refractivity contribution in [3.8, 4) is 0 Å². The highest BCUT2D eigenvalue weighted by atomic mass is 16.3. The van der Waals surface area contributed by atoms with Crippen molar-refractivity contribution < 1.29 is 5.11 Å². The van der Waals surface area contributed by atoms with Gasteiger partial charge in [-0.05, 0) is 30.6 Å². The molecule has 0 amide bonds. The van der Waals surface area contributed by atoms with Crippen molar-refractivity contribution in [2.24, 2.45) is 11.8 Å². The van der Waals surface area contributed by atoms with E-state index in [-0.39, 0.29) is 0 Å². The van der Waals surface area contributed by atoms with Gasteiger partial charge in [0.2, 0.25) is 0 Å². The van der Waals surface area contributed by atoms with Crippen LogP contribution in [0.2, 0.25) is 0 Å². The highest BCUT2D eigenvalue weighted by Gasteiger charge is 2.42. The van der Waals surface area contributed by atoms with Crippen LogP contribution in [0, 0.1) is 11.8 Å². The van der Waals surface area contributed by atoms with Gasteiger partial charge in [0.1, 0.15) is 12.1 Å². The van der Waals surface area contributed by atoms with Gasteiger partial charge in [0, 0.05) is 44.5 Å².